The van der Waals surface area contributed by atoms with Crippen LogP contribution >= 0.6 is 0 Å². The first-order valence-electron chi connectivity index (χ1n) is 3.74. The Morgan fingerprint density at radius 2 is 1.91 bits per heavy atom. The van der Waals surface area contributed by atoms with E-state index in [4.69, 9.17) is 15.0 Å². The molecular weight excluding hydrogens is 146 g/mol. The zero-order valence-electron chi connectivity index (χ0n) is 6.49. The number of carboxylic acid groups (broad SMARTS) is 1. The van der Waals surface area contributed by atoms with Crippen LogP contribution in [0.15, 0.2) is 0 Å². The first-order valence-corrected chi connectivity index (χ1v) is 3.74. The zero-order chi connectivity index (χ0) is 8.53. The van der Waals surface area contributed by atoms with E-state index < -0.39 is 0 Å². The summed E-state index contributed by atoms with van der Waals surface area (Å²) in [7, 11) is 0. The Bertz CT molecular complexity index is 91.7. The van der Waals surface area contributed by atoms with Gasteiger partial charge in [-0.1, -0.05) is 0 Å². The Morgan fingerprint density at radius 1 is 1.45 bits per heavy atom. The summed E-state index contributed by atoms with van der Waals surface area (Å²) >= 11 is 0. The lowest BCUT2D eigenvalue weighted by Gasteiger charge is -2.19. The second-order valence-corrected chi connectivity index (χ2v) is 2.48. The van der Waals surface area contributed by atoms with Crippen molar-refractivity contribution in [1.82, 2.24) is 5.32 Å². The SMILES string of the molecule is O=CO.OCC1CCNCC1. The first kappa shape index (κ1) is 10.4. The van der Waals surface area contributed by atoms with E-state index in [0.717, 1.165) is 25.9 Å². The van der Waals surface area contributed by atoms with Crippen LogP contribution in [-0.2, 0) is 4.79 Å². The highest BCUT2D eigenvalue weighted by molar-refractivity contribution is 5.32. The molecule has 66 valence electrons. The molecule has 3 N–H and O–H groups in total. The van der Waals surface area contributed by atoms with Crippen LogP contribution in [0, 0.1) is 5.92 Å². The minimum Gasteiger partial charge on any atom is -0.483 e. The van der Waals surface area contributed by atoms with E-state index in [-0.39, 0.29) is 6.47 Å². The second kappa shape index (κ2) is 7.50. The van der Waals surface area contributed by atoms with Gasteiger partial charge in [-0.2, -0.15) is 0 Å². The van der Waals surface area contributed by atoms with E-state index in [1.165, 1.54) is 0 Å². The number of aliphatic hydroxyl groups excluding tert-OH is 1. The van der Waals surface area contributed by atoms with Crippen molar-refractivity contribution in [2.75, 3.05) is 19.7 Å². The first-order chi connectivity index (χ1) is 5.35. The summed E-state index contributed by atoms with van der Waals surface area (Å²) < 4.78 is 0. The Labute approximate surface area is 66.2 Å². The van der Waals surface area contributed by atoms with Gasteiger partial charge in [0.2, 0.25) is 0 Å². The smallest absolute Gasteiger partial charge is 0.290 e. The summed E-state index contributed by atoms with van der Waals surface area (Å²) in [6.45, 7) is 2.30. The molecule has 0 aliphatic carbocycles. The van der Waals surface area contributed by atoms with Crippen LogP contribution in [0.3, 0.4) is 0 Å². The maximum atomic E-state index is 8.66. The zero-order valence-corrected chi connectivity index (χ0v) is 6.49. The highest BCUT2D eigenvalue weighted by Crippen LogP contribution is 2.08. The minimum atomic E-state index is -0.250. The largest absolute Gasteiger partial charge is 0.483 e. The van der Waals surface area contributed by atoms with Gasteiger partial charge >= 0.3 is 0 Å². The van der Waals surface area contributed by atoms with Gasteiger partial charge in [-0.15, -0.1) is 0 Å². The normalized spacial score (nSPS) is 18.3. The molecule has 1 aliphatic rings. The van der Waals surface area contributed by atoms with Gasteiger partial charge in [-0.05, 0) is 31.8 Å². The minimum absolute atomic E-state index is 0.250. The van der Waals surface area contributed by atoms with Gasteiger partial charge in [0, 0.05) is 6.61 Å². The standard InChI is InChI=1S/C6H13NO.CH2O2/c8-5-6-1-3-7-4-2-6;2-1-3/h6-8H,1-5H2;1H,(H,2,3). The van der Waals surface area contributed by atoms with Crippen LogP contribution in [0.25, 0.3) is 0 Å². The average molecular weight is 161 g/mol. The molecule has 0 aromatic heterocycles. The molecule has 0 saturated carbocycles. The molecule has 0 atom stereocenters. The number of hydrogen-bond acceptors (Lipinski definition) is 3. The van der Waals surface area contributed by atoms with Crippen molar-refractivity contribution in [3.8, 4) is 0 Å². The molecule has 4 heteroatoms. The van der Waals surface area contributed by atoms with Gasteiger partial charge in [0.25, 0.3) is 6.47 Å². The van der Waals surface area contributed by atoms with Crippen LogP contribution in [-0.4, -0.2) is 36.4 Å². The Hall–Kier alpha value is -0.610. The van der Waals surface area contributed by atoms with Gasteiger partial charge in [-0.3, -0.25) is 4.79 Å². The molecule has 1 aliphatic heterocycles. The molecule has 0 aromatic carbocycles. The predicted octanol–water partition coefficient (Wildman–Crippen LogP) is -0.321. The van der Waals surface area contributed by atoms with Gasteiger partial charge in [0.15, 0.2) is 0 Å². The van der Waals surface area contributed by atoms with Crippen LogP contribution in [0.4, 0.5) is 0 Å². The van der Waals surface area contributed by atoms with E-state index in [1.54, 1.807) is 0 Å². The van der Waals surface area contributed by atoms with E-state index in [1.807, 2.05) is 0 Å². The number of rotatable bonds is 1. The fraction of sp³-hybridized carbons (Fsp3) is 0.857. The van der Waals surface area contributed by atoms with E-state index in [2.05, 4.69) is 5.32 Å². The van der Waals surface area contributed by atoms with Crippen molar-refractivity contribution in [2.45, 2.75) is 12.8 Å². The lowest BCUT2D eigenvalue weighted by Crippen LogP contribution is -2.29. The number of aliphatic hydroxyl groups is 1. The molecule has 0 amide bonds. The van der Waals surface area contributed by atoms with E-state index in [0.29, 0.717) is 12.5 Å². The topological polar surface area (TPSA) is 69.6 Å². The maximum absolute atomic E-state index is 8.66. The summed E-state index contributed by atoms with van der Waals surface area (Å²) in [4.78, 5) is 8.36. The summed E-state index contributed by atoms with van der Waals surface area (Å²) in [5.41, 5.74) is 0. The third kappa shape index (κ3) is 5.82. The molecule has 11 heavy (non-hydrogen) atoms. The quantitative estimate of drug-likeness (QED) is 0.461. The van der Waals surface area contributed by atoms with E-state index in [9.17, 15) is 0 Å². The van der Waals surface area contributed by atoms with Crippen molar-refractivity contribution in [1.29, 1.82) is 0 Å². The fourth-order valence-electron chi connectivity index (χ4n) is 1.06. The van der Waals surface area contributed by atoms with Crippen LogP contribution in [0.2, 0.25) is 0 Å². The lowest BCUT2D eigenvalue weighted by molar-refractivity contribution is -0.122. The number of nitrogens with one attached hydrogen (secondary N) is 1. The van der Waals surface area contributed by atoms with Gasteiger partial charge in [0.05, 0.1) is 0 Å². The summed E-state index contributed by atoms with van der Waals surface area (Å²) in [5, 5.41) is 18.8. The van der Waals surface area contributed by atoms with Gasteiger partial charge < -0.3 is 15.5 Å². The molecule has 1 fully saturated rings. The lowest BCUT2D eigenvalue weighted by atomic mass is 10.00. The molecule has 1 saturated heterocycles. The van der Waals surface area contributed by atoms with Crippen molar-refractivity contribution < 1.29 is 15.0 Å². The summed E-state index contributed by atoms with van der Waals surface area (Å²) in [6.07, 6.45) is 2.30. The van der Waals surface area contributed by atoms with Crippen LogP contribution in [0.5, 0.6) is 0 Å². The highest BCUT2D eigenvalue weighted by atomic mass is 16.3. The molecule has 4 nitrogen and oxygen atoms in total. The molecule has 0 unspecified atom stereocenters. The summed E-state index contributed by atoms with van der Waals surface area (Å²) in [5.74, 6) is 0.580. The predicted molar refractivity (Wildman–Crippen MR) is 41.4 cm³/mol. The van der Waals surface area contributed by atoms with Crippen LogP contribution in [0.1, 0.15) is 12.8 Å². The van der Waals surface area contributed by atoms with Crippen molar-refractivity contribution >= 4 is 6.47 Å². The Kier molecular flexibility index (Phi) is 7.08. The number of carbonyl (C=O) groups is 1. The average Bonchev–Trinajstić information content (AvgIpc) is 2.08. The van der Waals surface area contributed by atoms with Crippen molar-refractivity contribution in [3.05, 3.63) is 0 Å². The molecular formula is C7H15NO3. The highest BCUT2D eigenvalue weighted by Gasteiger charge is 2.09. The van der Waals surface area contributed by atoms with Gasteiger partial charge in [0.1, 0.15) is 0 Å². The molecule has 0 radical (unpaired) electrons. The second-order valence-electron chi connectivity index (χ2n) is 2.48. The van der Waals surface area contributed by atoms with E-state index >= 15 is 0 Å². The molecule has 1 heterocycles. The monoisotopic (exact) mass is 161 g/mol. The molecule has 0 bridgehead atoms. The fourth-order valence-corrected chi connectivity index (χ4v) is 1.06. The van der Waals surface area contributed by atoms with Crippen molar-refractivity contribution in [3.63, 3.8) is 0 Å². The molecule has 0 aromatic rings. The third-order valence-corrected chi connectivity index (χ3v) is 1.72. The number of piperidine rings is 1. The Morgan fingerprint density at radius 3 is 2.18 bits per heavy atom. The van der Waals surface area contributed by atoms with Gasteiger partial charge in [-0.25, -0.2) is 0 Å². The third-order valence-electron chi connectivity index (χ3n) is 1.72. The molecule has 0 spiro atoms. The van der Waals surface area contributed by atoms with Crippen molar-refractivity contribution in [2.24, 2.45) is 5.92 Å². The number of hydrogen-bond donors (Lipinski definition) is 3. The Balaban J connectivity index is 0.000000292. The molecule has 1 rings (SSSR count). The summed E-state index contributed by atoms with van der Waals surface area (Å²) in [6, 6.07) is 0. The van der Waals surface area contributed by atoms with Crippen LogP contribution < -0.4 is 5.32 Å². The maximum Gasteiger partial charge on any atom is 0.290 e.